The fourth-order valence-corrected chi connectivity index (χ4v) is 2.74. The molecule has 1 heterocycles. The molecule has 0 spiro atoms. The molecule has 0 radical (unpaired) electrons. The van der Waals surface area contributed by atoms with Crippen molar-refractivity contribution in [2.45, 2.75) is 47.1 Å². The van der Waals surface area contributed by atoms with Crippen LogP contribution < -0.4 is 10.7 Å². The van der Waals surface area contributed by atoms with Crippen molar-refractivity contribution in [3.05, 3.63) is 52.8 Å². The molecule has 138 valence electrons. The maximum absolute atomic E-state index is 11.7. The number of carbonyl (C=O) groups excluding carboxylic acids is 2. The number of hydrazone groups is 1. The lowest BCUT2D eigenvalue weighted by atomic mass is 10.2. The molecular weight excluding hydrogens is 328 g/mol. The van der Waals surface area contributed by atoms with E-state index in [0.717, 1.165) is 22.6 Å². The predicted molar refractivity (Wildman–Crippen MR) is 104 cm³/mol. The van der Waals surface area contributed by atoms with E-state index in [1.165, 1.54) is 5.56 Å². The summed E-state index contributed by atoms with van der Waals surface area (Å²) in [7, 11) is 0. The first-order chi connectivity index (χ1) is 12.3. The van der Waals surface area contributed by atoms with E-state index in [0.29, 0.717) is 0 Å². The molecule has 0 saturated heterocycles. The van der Waals surface area contributed by atoms with Crippen molar-refractivity contribution >= 4 is 18.0 Å². The Morgan fingerprint density at radius 3 is 2.38 bits per heavy atom. The van der Waals surface area contributed by atoms with Crippen LogP contribution >= 0.6 is 0 Å². The zero-order valence-electron chi connectivity index (χ0n) is 16.0. The number of nitrogens with one attached hydrogen (secondary N) is 2. The number of aromatic nitrogens is 1. The summed E-state index contributed by atoms with van der Waals surface area (Å²) in [6, 6.07) is 10.3. The second-order valence-corrected chi connectivity index (χ2v) is 6.69. The summed E-state index contributed by atoms with van der Waals surface area (Å²) < 4.78 is 2.14. The molecule has 6 nitrogen and oxygen atoms in total. The molecule has 0 bridgehead atoms. The van der Waals surface area contributed by atoms with Crippen LogP contribution in [0.2, 0.25) is 0 Å². The van der Waals surface area contributed by atoms with E-state index in [9.17, 15) is 9.59 Å². The molecule has 0 fully saturated rings. The number of benzene rings is 1. The summed E-state index contributed by atoms with van der Waals surface area (Å²) in [5.74, 6) is -0.753. The maximum atomic E-state index is 11.7. The second kappa shape index (κ2) is 8.47. The van der Waals surface area contributed by atoms with Crippen molar-refractivity contribution in [2.24, 2.45) is 5.10 Å². The van der Waals surface area contributed by atoms with Crippen LogP contribution in [0.4, 0.5) is 0 Å². The Bertz CT molecular complexity index is 817. The third-order valence-corrected chi connectivity index (χ3v) is 3.93. The fourth-order valence-electron chi connectivity index (χ4n) is 2.74. The van der Waals surface area contributed by atoms with E-state index in [4.69, 9.17) is 0 Å². The SMILES string of the molecule is Cc1ccc(-n2c(C)cc(/C=N/NC(=O)CC(=O)NC(C)C)c2C)cc1. The van der Waals surface area contributed by atoms with E-state index in [1.807, 2.05) is 33.8 Å². The van der Waals surface area contributed by atoms with Crippen molar-refractivity contribution in [3.8, 4) is 5.69 Å². The molecule has 26 heavy (non-hydrogen) atoms. The lowest BCUT2D eigenvalue weighted by molar-refractivity contribution is -0.129. The van der Waals surface area contributed by atoms with Crippen LogP contribution in [0.15, 0.2) is 35.4 Å². The molecular formula is C20H26N4O2. The Hall–Kier alpha value is -2.89. The molecule has 0 atom stereocenters. The summed E-state index contributed by atoms with van der Waals surface area (Å²) in [6.07, 6.45) is 1.36. The van der Waals surface area contributed by atoms with Gasteiger partial charge in [-0.25, -0.2) is 5.43 Å². The first-order valence-corrected chi connectivity index (χ1v) is 8.65. The van der Waals surface area contributed by atoms with Crippen LogP contribution in [0, 0.1) is 20.8 Å². The lowest BCUT2D eigenvalue weighted by Crippen LogP contribution is -2.34. The van der Waals surface area contributed by atoms with Gasteiger partial charge in [-0.3, -0.25) is 9.59 Å². The predicted octanol–water partition coefficient (Wildman–Crippen LogP) is 2.77. The molecule has 0 aliphatic rings. The minimum absolute atomic E-state index is 0.00552. The molecule has 6 heteroatoms. The van der Waals surface area contributed by atoms with Crippen molar-refractivity contribution in [2.75, 3.05) is 0 Å². The van der Waals surface area contributed by atoms with Gasteiger partial charge in [-0.05, 0) is 52.8 Å². The summed E-state index contributed by atoms with van der Waals surface area (Å²) in [5, 5.41) is 6.65. The highest BCUT2D eigenvalue weighted by Crippen LogP contribution is 2.20. The molecule has 0 aliphatic carbocycles. The monoisotopic (exact) mass is 354 g/mol. The van der Waals surface area contributed by atoms with Crippen molar-refractivity contribution in [1.29, 1.82) is 0 Å². The molecule has 2 N–H and O–H groups in total. The van der Waals surface area contributed by atoms with Crippen LogP contribution in [-0.2, 0) is 9.59 Å². The number of nitrogens with zero attached hydrogens (tertiary/aromatic N) is 2. The summed E-state index contributed by atoms with van der Waals surface area (Å²) >= 11 is 0. The second-order valence-electron chi connectivity index (χ2n) is 6.69. The van der Waals surface area contributed by atoms with E-state index >= 15 is 0 Å². The zero-order valence-corrected chi connectivity index (χ0v) is 16.0. The summed E-state index contributed by atoms with van der Waals surface area (Å²) in [6.45, 7) is 9.78. The lowest BCUT2D eigenvalue weighted by Gasteiger charge is -2.09. The number of aryl methyl sites for hydroxylation is 2. The van der Waals surface area contributed by atoms with Gasteiger partial charge in [-0.15, -0.1) is 0 Å². The average Bonchev–Trinajstić information content (AvgIpc) is 2.82. The first kappa shape index (κ1) is 19.4. The topological polar surface area (TPSA) is 75.5 Å². The average molecular weight is 354 g/mol. The Balaban J connectivity index is 2.05. The Morgan fingerprint density at radius 1 is 1.12 bits per heavy atom. The third kappa shape index (κ3) is 5.05. The van der Waals surface area contributed by atoms with Gasteiger partial charge in [0.15, 0.2) is 0 Å². The minimum Gasteiger partial charge on any atom is -0.353 e. The van der Waals surface area contributed by atoms with Crippen LogP contribution in [0.3, 0.4) is 0 Å². The maximum Gasteiger partial charge on any atom is 0.249 e. The van der Waals surface area contributed by atoms with Crippen LogP contribution in [-0.4, -0.2) is 28.6 Å². The third-order valence-electron chi connectivity index (χ3n) is 3.93. The molecule has 1 aromatic heterocycles. The minimum atomic E-state index is -0.438. The van der Waals surface area contributed by atoms with Gasteiger partial charge in [0.25, 0.3) is 0 Å². The van der Waals surface area contributed by atoms with Crippen molar-refractivity contribution in [1.82, 2.24) is 15.3 Å². The van der Waals surface area contributed by atoms with Crippen LogP contribution in [0.25, 0.3) is 5.69 Å². The van der Waals surface area contributed by atoms with Crippen molar-refractivity contribution < 1.29 is 9.59 Å². The Labute approximate surface area is 154 Å². The highest BCUT2D eigenvalue weighted by molar-refractivity contribution is 5.97. The van der Waals surface area contributed by atoms with Crippen LogP contribution in [0.5, 0.6) is 0 Å². The smallest absolute Gasteiger partial charge is 0.249 e. The molecule has 2 amide bonds. The highest BCUT2D eigenvalue weighted by atomic mass is 16.2. The number of carbonyl (C=O) groups is 2. The summed E-state index contributed by atoms with van der Waals surface area (Å²) in [4.78, 5) is 23.3. The Kier molecular flexibility index (Phi) is 6.33. The number of hydrogen-bond acceptors (Lipinski definition) is 3. The highest BCUT2D eigenvalue weighted by Gasteiger charge is 2.11. The van der Waals surface area contributed by atoms with Gasteiger partial charge < -0.3 is 9.88 Å². The van der Waals surface area contributed by atoms with Gasteiger partial charge in [0, 0.05) is 28.7 Å². The summed E-state index contributed by atoms with van der Waals surface area (Å²) in [5.41, 5.74) is 7.71. The fraction of sp³-hybridized carbons (Fsp3) is 0.350. The number of amides is 2. The van der Waals surface area contributed by atoms with Crippen molar-refractivity contribution in [3.63, 3.8) is 0 Å². The van der Waals surface area contributed by atoms with Gasteiger partial charge in [0.05, 0.1) is 6.21 Å². The standard InChI is InChI=1S/C20H26N4O2/c1-13(2)22-19(25)11-20(26)23-21-12-17-10-15(4)24(16(17)5)18-8-6-14(3)7-9-18/h6-10,12-13H,11H2,1-5H3,(H,22,25)(H,23,26)/b21-12+. The quantitative estimate of drug-likeness (QED) is 0.475. The number of rotatable bonds is 6. The molecule has 0 aliphatic heterocycles. The van der Waals surface area contributed by atoms with E-state index in [2.05, 4.69) is 51.6 Å². The largest absolute Gasteiger partial charge is 0.353 e. The van der Waals surface area contributed by atoms with Gasteiger partial charge in [0.1, 0.15) is 6.42 Å². The zero-order chi connectivity index (χ0) is 19.3. The van der Waals surface area contributed by atoms with Gasteiger partial charge in [0.2, 0.25) is 11.8 Å². The molecule has 0 saturated carbocycles. The molecule has 1 aromatic carbocycles. The molecule has 2 rings (SSSR count). The van der Waals surface area contributed by atoms with E-state index in [-0.39, 0.29) is 18.4 Å². The number of hydrogen-bond donors (Lipinski definition) is 2. The van der Waals surface area contributed by atoms with E-state index in [1.54, 1.807) is 6.21 Å². The molecule has 0 unspecified atom stereocenters. The molecule has 2 aromatic rings. The van der Waals surface area contributed by atoms with E-state index < -0.39 is 5.91 Å². The van der Waals surface area contributed by atoms with Gasteiger partial charge in [-0.2, -0.15) is 5.10 Å². The van der Waals surface area contributed by atoms with Crippen LogP contribution in [0.1, 0.15) is 42.8 Å². The normalized spacial score (nSPS) is 11.2. The van der Waals surface area contributed by atoms with Gasteiger partial charge in [-0.1, -0.05) is 17.7 Å². The Morgan fingerprint density at radius 2 is 1.77 bits per heavy atom. The first-order valence-electron chi connectivity index (χ1n) is 8.65. The van der Waals surface area contributed by atoms with Gasteiger partial charge >= 0.3 is 0 Å².